The molecule has 0 aliphatic heterocycles. The van der Waals surface area contributed by atoms with Crippen molar-refractivity contribution in [2.45, 2.75) is 25.7 Å². The highest BCUT2D eigenvalue weighted by molar-refractivity contribution is 14.1. The molecule has 0 bridgehead atoms. The van der Waals surface area contributed by atoms with Gasteiger partial charge in [-0.05, 0) is 28.5 Å². The van der Waals surface area contributed by atoms with Crippen LogP contribution in [0.3, 0.4) is 0 Å². The van der Waals surface area contributed by atoms with Crippen LogP contribution in [0.1, 0.15) is 25.1 Å². The van der Waals surface area contributed by atoms with Crippen LogP contribution in [0.15, 0.2) is 11.0 Å². The SMILES string of the molecule is O=c1[nH]c(CC2CCC2)ncc1I. The molecule has 1 saturated carbocycles. The van der Waals surface area contributed by atoms with Crippen molar-refractivity contribution in [1.82, 2.24) is 9.97 Å². The first kappa shape index (κ1) is 9.18. The van der Waals surface area contributed by atoms with Crippen molar-refractivity contribution < 1.29 is 0 Å². The van der Waals surface area contributed by atoms with Gasteiger partial charge in [0.05, 0.1) is 3.57 Å². The van der Waals surface area contributed by atoms with Crippen molar-refractivity contribution in [2.24, 2.45) is 5.92 Å². The first-order valence-electron chi connectivity index (χ1n) is 4.49. The maximum Gasteiger partial charge on any atom is 0.264 e. The van der Waals surface area contributed by atoms with Crippen molar-refractivity contribution in [2.75, 3.05) is 0 Å². The van der Waals surface area contributed by atoms with E-state index in [4.69, 9.17) is 0 Å². The van der Waals surface area contributed by atoms with Crippen molar-refractivity contribution >= 4 is 22.6 Å². The second-order valence-electron chi connectivity index (χ2n) is 3.51. The van der Waals surface area contributed by atoms with E-state index < -0.39 is 0 Å². The third-order valence-electron chi connectivity index (χ3n) is 2.52. The molecule has 0 unspecified atom stereocenters. The van der Waals surface area contributed by atoms with Gasteiger partial charge in [0.15, 0.2) is 0 Å². The zero-order valence-electron chi connectivity index (χ0n) is 7.22. The Labute approximate surface area is 90.1 Å². The smallest absolute Gasteiger partial charge is 0.264 e. The molecule has 0 aromatic carbocycles. The number of rotatable bonds is 2. The topological polar surface area (TPSA) is 45.8 Å². The Hall–Kier alpha value is -0.390. The van der Waals surface area contributed by atoms with Crippen molar-refractivity contribution in [1.29, 1.82) is 0 Å². The second kappa shape index (κ2) is 3.77. The predicted molar refractivity (Wildman–Crippen MR) is 58.6 cm³/mol. The van der Waals surface area contributed by atoms with Gasteiger partial charge in [0, 0.05) is 12.6 Å². The van der Waals surface area contributed by atoms with Crippen molar-refractivity contribution in [3.05, 3.63) is 25.9 Å². The van der Waals surface area contributed by atoms with Gasteiger partial charge in [-0.3, -0.25) is 4.79 Å². The summed E-state index contributed by atoms with van der Waals surface area (Å²) in [6.45, 7) is 0. The molecule has 2 rings (SSSR count). The number of aromatic amines is 1. The summed E-state index contributed by atoms with van der Waals surface area (Å²) >= 11 is 1.99. The molecule has 1 heterocycles. The Morgan fingerprint density at radius 3 is 2.92 bits per heavy atom. The maximum absolute atomic E-state index is 11.2. The van der Waals surface area contributed by atoms with Crippen LogP contribution in [0.25, 0.3) is 0 Å². The van der Waals surface area contributed by atoms with Gasteiger partial charge in [0.25, 0.3) is 5.56 Å². The van der Waals surface area contributed by atoms with Crippen LogP contribution in [-0.2, 0) is 6.42 Å². The fourth-order valence-corrected chi connectivity index (χ4v) is 1.76. The summed E-state index contributed by atoms with van der Waals surface area (Å²) in [5.41, 5.74) is -0.00933. The zero-order valence-corrected chi connectivity index (χ0v) is 9.37. The van der Waals surface area contributed by atoms with E-state index in [-0.39, 0.29) is 5.56 Å². The molecular formula is C9H11IN2O. The highest BCUT2D eigenvalue weighted by Gasteiger charge is 2.18. The lowest BCUT2D eigenvalue weighted by molar-refractivity contribution is 0.309. The monoisotopic (exact) mass is 290 g/mol. The number of aromatic nitrogens is 2. The highest BCUT2D eigenvalue weighted by atomic mass is 127. The fourth-order valence-electron chi connectivity index (χ4n) is 1.49. The number of halogens is 1. The maximum atomic E-state index is 11.2. The minimum Gasteiger partial charge on any atom is -0.310 e. The molecule has 1 N–H and O–H groups in total. The summed E-state index contributed by atoms with van der Waals surface area (Å²) < 4.78 is 0.662. The predicted octanol–water partition coefficient (Wildman–Crippen LogP) is 1.72. The van der Waals surface area contributed by atoms with Crippen LogP contribution in [0.5, 0.6) is 0 Å². The molecule has 1 aliphatic carbocycles. The van der Waals surface area contributed by atoms with E-state index >= 15 is 0 Å². The molecule has 1 aromatic heterocycles. The lowest BCUT2D eigenvalue weighted by Gasteiger charge is -2.24. The molecular weight excluding hydrogens is 279 g/mol. The number of nitrogens with zero attached hydrogens (tertiary/aromatic N) is 1. The minimum atomic E-state index is -0.00933. The third kappa shape index (κ3) is 2.10. The molecule has 0 amide bonds. The molecule has 1 aromatic rings. The van der Waals surface area contributed by atoms with E-state index in [2.05, 4.69) is 9.97 Å². The van der Waals surface area contributed by atoms with E-state index in [1.807, 2.05) is 22.6 Å². The van der Waals surface area contributed by atoms with Crippen molar-refractivity contribution in [3.8, 4) is 0 Å². The summed E-state index contributed by atoms with van der Waals surface area (Å²) in [7, 11) is 0. The Morgan fingerprint density at radius 2 is 2.38 bits per heavy atom. The van der Waals surface area contributed by atoms with Gasteiger partial charge in [-0.1, -0.05) is 19.3 Å². The third-order valence-corrected chi connectivity index (χ3v) is 3.28. The molecule has 0 atom stereocenters. The molecule has 4 heteroatoms. The van der Waals surface area contributed by atoms with Crippen molar-refractivity contribution in [3.63, 3.8) is 0 Å². The van der Waals surface area contributed by atoms with E-state index in [0.717, 1.165) is 18.2 Å². The number of hydrogen-bond donors (Lipinski definition) is 1. The van der Waals surface area contributed by atoms with Crippen LogP contribution in [0.2, 0.25) is 0 Å². The van der Waals surface area contributed by atoms with Gasteiger partial charge >= 0.3 is 0 Å². The lowest BCUT2D eigenvalue weighted by atomic mass is 9.83. The summed E-state index contributed by atoms with van der Waals surface area (Å²) in [5.74, 6) is 1.60. The Morgan fingerprint density at radius 1 is 1.62 bits per heavy atom. The van der Waals surface area contributed by atoms with E-state index in [1.54, 1.807) is 6.20 Å². The first-order valence-corrected chi connectivity index (χ1v) is 5.57. The molecule has 1 aliphatic rings. The number of H-pyrrole nitrogens is 1. The molecule has 13 heavy (non-hydrogen) atoms. The summed E-state index contributed by atoms with van der Waals surface area (Å²) in [6.07, 6.45) is 6.49. The van der Waals surface area contributed by atoms with E-state index in [9.17, 15) is 4.79 Å². The summed E-state index contributed by atoms with van der Waals surface area (Å²) in [6, 6.07) is 0. The highest BCUT2D eigenvalue weighted by Crippen LogP contribution is 2.28. The van der Waals surface area contributed by atoms with E-state index in [0.29, 0.717) is 3.57 Å². The van der Waals surface area contributed by atoms with Gasteiger partial charge in [0.2, 0.25) is 0 Å². The molecule has 0 radical (unpaired) electrons. The Balaban J connectivity index is 2.12. The van der Waals surface area contributed by atoms with Crippen LogP contribution in [0.4, 0.5) is 0 Å². The second-order valence-corrected chi connectivity index (χ2v) is 4.67. The largest absolute Gasteiger partial charge is 0.310 e. The van der Waals surface area contributed by atoms with E-state index in [1.165, 1.54) is 19.3 Å². The van der Waals surface area contributed by atoms with Crippen LogP contribution in [-0.4, -0.2) is 9.97 Å². The summed E-state index contributed by atoms with van der Waals surface area (Å²) in [4.78, 5) is 18.2. The zero-order chi connectivity index (χ0) is 9.26. The van der Waals surface area contributed by atoms with Gasteiger partial charge in [-0.15, -0.1) is 0 Å². The molecule has 0 saturated heterocycles. The lowest BCUT2D eigenvalue weighted by Crippen LogP contribution is -2.19. The molecule has 1 fully saturated rings. The van der Waals surface area contributed by atoms with Crippen LogP contribution < -0.4 is 5.56 Å². The molecule has 3 nitrogen and oxygen atoms in total. The average Bonchev–Trinajstić information content (AvgIpc) is 2.04. The molecule has 70 valence electrons. The Kier molecular flexibility index (Phi) is 2.66. The normalized spacial score (nSPS) is 17.0. The van der Waals surface area contributed by atoms with Gasteiger partial charge in [0.1, 0.15) is 5.82 Å². The van der Waals surface area contributed by atoms with Gasteiger partial charge in [-0.25, -0.2) is 4.98 Å². The number of nitrogens with one attached hydrogen (secondary N) is 1. The number of hydrogen-bond acceptors (Lipinski definition) is 2. The quantitative estimate of drug-likeness (QED) is 0.843. The first-order chi connectivity index (χ1) is 6.25. The summed E-state index contributed by atoms with van der Waals surface area (Å²) in [5, 5.41) is 0. The average molecular weight is 290 g/mol. The molecule has 0 spiro atoms. The minimum absolute atomic E-state index is 0.00933. The van der Waals surface area contributed by atoms with Gasteiger partial charge < -0.3 is 4.98 Å². The van der Waals surface area contributed by atoms with Crippen LogP contribution >= 0.6 is 22.6 Å². The van der Waals surface area contributed by atoms with Gasteiger partial charge in [-0.2, -0.15) is 0 Å². The standard InChI is InChI=1S/C9H11IN2O/c10-7-5-11-8(12-9(7)13)4-6-2-1-3-6/h5-6H,1-4H2,(H,11,12,13). The fraction of sp³-hybridized carbons (Fsp3) is 0.556. The Bertz CT molecular complexity index is 357. The van der Waals surface area contributed by atoms with Crippen LogP contribution in [0, 0.1) is 9.49 Å².